The van der Waals surface area contributed by atoms with Crippen LogP contribution in [0.25, 0.3) is 0 Å². The summed E-state index contributed by atoms with van der Waals surface area (Å²) in [5.74, 6) is -1.36. The number of hydrogen-bond donors (Lipinski definition) is 2. The molecule has 1 atom stereocenters. The van der Waals surface area contributed by atoms with Gasteiger partial charge in [0, 0.05) is 6.54 Å². The molecule has 0 aromatic heterocycles. The van der Waals surface area contributed by atoms with E-state index in [2.05, 4.69) is 9.62 Å². The van der Waals surface area contributed by atoms with E-state index in [0.717, 1.165) is 38.4 Å². The van der Waals surface area contributed by atoms with Gasteiger partial charge in [-0.05, 0) is 44.5 Å². The number of carbonyl (C=O) groups is 1. The van der Waals surface area contributed by atoms with Crippen molar-refractivity contribution < 1.29 is 18.3 Å². The third kappa shape index (κ3) is 3.95. The average Bonchev–Trinajstić information content (AvgIpc) is 2.92. The summed E-state index contributed by atoms with van der Waals surface area (Å²) in [6.45, 7) is 3.84. The molecule has 0 radical (unpaired) electrons. The Bertz CT molecular complexity index is 609. The van der Waals surface area contributed by atoms with Gasteiger partial charge >= 0.3 is 5.97 Å². The van der Waals surface area contributed by atoms with Gasteiger partial charge in [-0.3, -0.25) is 14.4 Å². The minimum atomic E-state index is -3.94. The highest BCUT2D eigenvalue weighted by Gasteiger charge is 2.28. The van der Waals surface area contributed by atoms with Gasteiger partial charge in [-0.25, -0.2) is 8.42 Å². The molecular weight excluding hydrogens is 292 g/mol. The molecule has 0 amide bonds. The molecule has 116 valence electrons. The van der Waals surface area contributed by atoms with Gasteiger partial charge in [0.25, 0.3) is 0 Å². The number of para-hydroxylation sites is 1. The maximum Gasteiger partial charge on any atom is 0.323 e. The number of rotatable bonds is 6. The number of nitrogens with one attached hydrogen (secondary N) is 1. The van der Waals surface area contributed by atoms with Crippen LogP contribution in [-0.4, -0.2) is 42.7 Å². The SMILES string of the molecule is CC(C(=O)O)S(=O)(=O)Nc1ccccc1CN1CCCC1. The Kier molecular flexibility index (Phi) is 4.84. The van der Waals surface area contributed by atoms with Crippen molar-refractivity contribution in [2.75, 3.05) is 17.8 Å². The zero-order valence-electron chi connectivity index (χ0n) is 11.9. The van der Waals surface area contributed by atoms with E-state index in [-0.39, 0.29) is 0 Å². The summed E-state index contributed by atoms with van der Waals surface area (Å²) >= 11 is 0. The van der Waals surface area contributed by atoms with Crippen molar-refractivity contribution >= 4 is 21.7 Å². The van der Waals surface area contributed by atoms with Crippen molar-refractivity contribution in [3.8, 4) is 0 Å². The number of aliphatic carboxylic acids is 1. The van der Waals surface area contributed by atoms with Crippen LogP contribution in [0.5, 0.6) is 0 Å². The van der Waals surface area contributed by atoms with Gasteiger partial charge in [-0.15, -0.1) is 0 Å². The molecule has 2 N–H and O–H groups in total. The summed E-state index contributed by atoms with van der Waals surface area (Å²) in [4.78, 5) is 13.1. The smallest absolute Gasteiger partial charge is 0.323 e. The molecule has 1 aliphatic heterocycles. The summed E-state index contributed by atoms with van der Waals surface area (Å²) in [5.41, 5.74) is 1.32. The van der Waals surface area contributed by atoms with Gasteiger partial charge in [-0.1, -0.05) is 18.2 Å². The van der Waals surface area contributed by atoms with Crippen LogP contribution >= 0.6 is 0 Å². The number of sulfonamides is 1. The average molecular weight is 312 g/mol. The summed E-state index contributed by atoms with van der Waals surface area (Å²) in [6, 6.07) is 7.11. The van der Waals surface area contributed by atoms with Crippen molar-refractivity contribution in [1.82, 2.24) is 4.90 Å². The zero-order chi connectivity index (χ0) is 15.5. The Hall–Kier alpha value is -1.60. The highest BCUT2D eigenvalue weighted by Crippen LogP contribution is 2.21. The molecule has 1 aromatic carbocycles. The molecule has 0 spiro atoms. The number of hydrogen-bond acceptors (Lipinski definition) is 4. The van der Waals surface area contributed by atoms with Crippen LogP contribution in [0.3, 0.4) is 0 Å². The van der Waals surface area contributed by atoms with E-state index in [0.29, 0.717) is 12.2 Å². The molecule has 1 fully saturated rings. The normalized spacial score (nSPS) is 17.6. The molecule has 1 aromatic rings. The van der Waals surface area contributed by atoms with Crippen LogP contribution in [0.2, 0.25) is 0 Å². The second kappa shape index (κ2) is 6.44. The Morgan fingerprint density at radius 3 is 2.57 bits per heavy atom. The van der Waals surface area contributed by atoms with E-state index in [4.69, 9.17) is 5.11 Å². The number of carboxylic acid groups (broad SMARTS) is 1. The van der Waals surface area contributed by atoms with E-state index >= 15 is 0 Å². The Balaban J connectivity index is 2.18. The monoisotopic (exact) mass is 312 g/mol. The van der Waals surface area contributed by atoms with E-state index in [1.807, 2.05) is 12.1 Å². The molecule has 1 saturated heterocycles. The highest BCUT2D eigenvalue weighted by molar-refractivity contribution is 7.94. The molecule has 0 saturated carbocycles. The van der Waals surface area contributed by atoms with E-state index in [1.54, 1.807) is 12.1 Å². The molecule has 1 heterocycles. The Morgan fingerprint density at radius 1 is 1.33 bits per heavy atom. The number of carboxylic acids is 1. The standard InChI is InChI=1S/C14H20N2O4S/c1-11(14(17)18)21(19,20)15-13-7-3-2-6-12(13)10-16-8-4-5-9-16/h2-3,6-7,11,15H,4-5,8-10H2,1H3,(H,17,18). The van der Waals surface area contributed by atoms with E-state index in [9.17, 15) is 13.2 Å². The van der Waals surface area contributed by atoms with Crippen molar-refractivity contribution in [3.05, 3.63) is 29.8 Å². The van der Waals surface area contributed by atoms with Crippen LogP contribution in [0, 0.1) is 0 Å². The lowest BCUT2D eigenvalue weighted by Gasteiger charge is -2.19. The molecule has 2 rings (SSSR count). The molecule has 1 unspecified atom stereocenters. The van der Waals surface area contributed by atoms with Crippen molar-refractivity contribution in [2.45, 2.75) is 31.6 Å². The first kappa shape index (κ1) is 15.8. The first-order chi connectivity index (χ1) is 9.90. The van der Waals surface area contributed by atoms with Crippen LogP contribution in [0.1, 0.15) is 25.3 Å². The lowest BCUT2D eigenvalue weighted by molar-refractivity contribution is -0.136. The lowest BCUT2D eigenvalue weighted by Crippen LogP contribution is -2.32. The maximum absolute atomic E-state index is 12.0. The second-order valence-corrected chi connectivity index (χ2v) is 7.27. The summed E-state index contributed by atoms with van der Waals surface area (Å²) in [7, 11) is -3.94. The molecule has 0 aliphatic carbocycles. The van der Waals surface area contributed by atoms with Crippen molar-refractivity contribution in [1.29, 1.82) is 0 Å². The predicted octanol–water partition coefficient (Wildman–Crippen LogP) is 1.50. The fourth-order valence-corrected chi connectivity index (χ4v) is 3.26. The molecule has 6 nitrogen and oxygen atoms in total. The summed E-state index contributed by atoms with van der Waals surface area (Å²) in [6.07, 6.45) is 2.31. The first-order valence-corrected chi connectivity index (χ1v) is 8.49. The van der Waals surface area contributed by atoms with Gasteiger partial charge in [0.15, 0.2) is 5.25 Å². The van der Waals surface area contributed by atoms with Gasteiger partial charge in [-0.2, -0.15) is 0 Å². The topological polar surface area (TPSA) is 86.7 Å². The number of benzene rings is 1. The third-order valence-electron chi connectivity index (χ3n) is 3.68. The predicted molar refractivity (Wildman–Crippen MR) is 80.6 cm³/mol. The molecule has 0 bridgehead atoms. The minimum Gasteiger partial charge on any atom is -0.480 e. The summed E-state index contributed by atoms with van der Waals surface area (Å²) < 4.78 is 26.5. The molecule has 7 heteroatoms. The Labute approximate surface area is 124 Å². The zero-order valence-corrected chi connectivity index (χ0v) is 12.8. The van der Waals surface area contributed by atoms with Crippen molar-refractivity contribution in [2.24, 2.45) is 0 Å². The van der Waals surface area contributed by atoms with Gasteiger partial charge in [0.2, 0.25) is 10.0 Å². The van der Waals surface area contributed by atoms with Crippen molar-refractivity contribution in [3.63, 3.8) is 0 Å². The number of nitrogens with zero attached hydrogens (tertiary/aromatic N) is 1. The molecular formula is C14H20N2O4S. The largest absolute Gasteiger partial charge is 0.480 e. The number of anilines is 1. The quantitative estimate of drug-likeness (QED) is 0.831. The molecule has 1 aliphatic rings. The van der Waals surface area contributed by atoms with Crippen LogP contribution in [0.4, 0.5) is 5.69 Å². The van der Waals surface area contributed by atoms with Crippen LogP contribution in [0.15, 0.2) is 24.3 Å². The maximum atomic E-state index is 12.0. The number of likely N-dealkylation sites (tertiary alicyclic amines) is 1. The van der Waals surface area contributed by atoms with E-state index in [1.165, 1.54) is 0 Å². The van der Waals surface area contributed by atoms with Crippen LogP contribution < -0.4 is 4.72 Å². The van der Waals surface area contributed by atoms with Gasteiger partial charge < -0.3 is 5.11 Å². The van der Waals surface area contributed by atoms with Crippen LogP contribution in [-0.2, 0) is 21.4 Å². The summed E-state index contributed by atoms with van der Waals surface area (Å²) in [5, 5.41) is 7.38. The lowest BCUT2D eigenvalue weighted by atomic mass is 10.2. The van der Waals surface area contributed by atoms with Gasteiger partial charge in [0.05, 0.1) is 5.69 Å². The second-order valence-electron chi connectivity index (χ2n) is 5.27. The van der Waals surface area contributed by atoms with E-state index < -0.39 is 21.2 Å². The first-order valence-electron chi connectivity index (χ1n) is 6.95. The minimum absolute atomic E-state index is 0.456. The Morgan fingerprint density at radius 2 is 1.95 bits per heavy atom. The fraction of sp³-hybridized carbons (Fsp3) is 0.500. The third-order valence-corrected chi connectivity index (χ3v) is 5.31. The fourth-order valence-electron chi connectivity index (χ4n) is 2.31. The van der Waals surface area contributed by atoms with Gasteiger partial charge in [0.1, 0.15) is 0 Å². The molecule has 21 heavy (non-hydrogen) atoms. The highest BCUT2D eigenvalue weighted by atomic mass is 32.2.